The van der Waals surface area contributed by atoms with E-state index in [1.54, 1.807) is 0 Å². The van der Waals surface area contributed by atoms with Crippen molar-refractivity contribution in [3.63, 3.8) is 0 Å². The molecule has 98 valence electrons. The van der Waals surface area contributed by atoms with Gasteiger partial charge in [0.1, 0.15) is 11.9 Å². The highest BCUT2D eigenvalue weighted by Crippen LogP contribution is 2.31. The van der Waals surface area contributed by atoms with E-state index < -0.39 is 12.0 Å². The van der Waals surface area contributed by atoms with Crippen LogP contribution in [0.25, 0.3) is 10.8 Å². The molecule has 0 amide bonds. The predicted octanol–water partition coefficient (Wildman–Crippen LogP) is 2.60. The Morgan fingerprint density at radius 1 is 1.37 bits per heavy atom. The van der Waals surface area contributed by atoms with E-state index in [0.29, 0.717) is 6.42 Å². The number of pyridine rings is 1. The molecular formula is C15H16N2O2. The molecule has 1 N–H and O–H groups in total. The second-order valence-electron chi connectivity index (χ2n) is 5.00. The van der Waals surface area contributed by atoms with Crippen LogP contribution < -0.4 is 4.90 Å². The maximum atomic E-state index is 11.3. The topological polar surface area (TPSA) is 53.4 Å². The van der Waals surface area contributed by atoms with Gasteiger partial charge in [0.15, 0.2) is 0 Å². The first kappa shape index (κ1) is 12.0. The number of hydrogen-bond acceptors (Lipinski definition) is 3. The number of carboxylic acid groups (broad SMARTS) is 1. The van der Waals surface area contributed by atoms with Crippen molar-refractivity contribution in [1.29, 1.82) is 0 Å². The Kier molecular flexibility index (Phi) is 2.85. The number of hydrogen-bond donors (Lipinski definition) is 1. The van der Waals surface area contributed by atoms with E-state index in [1.165, 1.54) is 0 Å². The lowest BCUT2D eigenvalue weighted by atomic mass is 10.1. The summed E-state index contributed by atoms with van der Waals surface area (Å²) >= 11 is 0. The van der Waals surface area contributed by atoms with Gasteiger partial charge in [-0.25, -0.2) is 9.78 Å². The zero-order valence-corrected chi connectivity index (χ0v) is 10.8. The summed E-state index contributed by atoms with van der Waals surface area (Å²) in [5.74, 6) is 0.0371. The number of aryl methyl sites for hydroxylation is 1. The molecule has 1 aromatic carbocycles. The molecular weight excluding hydrogens is 240 g/mol. The average molecular weight is 256 g/mol. The second kappa shape index (κ2) is 4.53. The fourth-order valence-electron chi connectivity index (χ4n) is 2.82. The average Bonchev–Trinajstić information content (AvgIpc) is 2.89. The molecule has 0 aliphatic carbocycles. The molecule has 2 aromatic rings. The Balaban J connectivity index is 2.15. The largest absolute Gasteiger partial charge is 0.480 e. The van der Waals surface area contributed by atoms with Crippen LogP contribution in [0.15, 0.2) is 30.5 Å². The van der Waals surface area contributed by atoms with Gasteiger partial charge in [-0.2, -0.15) is 0 Å². The molecule has 3 rings (SSSR count). The van der Waals surface area contributed by atoms with Crippen molar-refractivity contribution >= 4 is 22.6 Å². The molecule has 1 aliphatic heterocycles. The Morgan fingerprint density at radius 2 is 2.11 bits per heavy atom. The van der Waals surface area contributed by atoms with Gasteiger partial charge in [-0.05, 0) is 30.7 Å². The Bertz CT molecular complexity index is 639. The van der Waals surface area contributed by atoms with Crippen molar-refractivity contribution in [1.82, 2.24) is 4.98 Å². The van der Waals surface area contributed by atoms with E-state index >= 15 is 0 Å². The highest BCUT2D eigenvalue weighted by Gasteiger charge is 2.32. The van der Waals surface area contributed by atoms with E-state index in [1.807, 2.05) is 36.2 Å². The van der Waals surface area contributed by atoms with Crippen LogP contribution in [0.5, 0.6) is 0 Å². The standard InChI is InChI=1S/C15H16N2O2/c1-10-9-16-14(12-6-3-2-5-11(10)12)17-8-4-7-13(17)15(18)19/h2-3,5-6,9,13H,4,7-8H2,1H3,(H,18,19). The van der Waals surface area contributed by atoms with Crippen LogP contribution in [-0.4, -0.2) is 28.6 Å². The van der Waals surface area contributed by atoms with Crippen molar-refractivity contribution in [2.75, 3.05) is 11.4 Å². The molecule has 1 atom stereocenters. The van der Waals surface area contributed by atoms with Crippen molar-refractivity contribution in [3.05, 3.63) is 36.0 Å². The number of rotatable bonds is 2. The minimum atomic E-state index is -0.760. The van der Waals surface area contributed by atoms with Gasteiger partial charge in [0.05, 0.1) is 0 Å². The lowest BCUT2D eigenvalue weighted by Crippen LogP contribution is -2.36. The lowest BCUT2D eigenvalue weighted by Gasteiger charge is -2.24. The summed E-state index contributed by atoms with van der Waals surface area (Å²) in [4.78, 5) is 17.7. The highest BCUT2D eigenvalue weighted by molar-refractivity contribution is 5.95. The lowest BCUT2D eigenvalue weighted by molar-refractivity contribution is -0.138. The molecule has 0 spiro atoms. The molecule has 19 heavy (non-hydrogen) atoms. The number of nitrogens with zero attached hydrogens (tertiary/aromatic N) is 2. The quantitative estimate of drug-likeness (QED) is 0.897. The summed E-state index contributed by atoms with van der Waals surface area (Å²) in [6.07, 6.45) is 3.43. The van der Waals surface area contributed by atoms with Gasteiger partial charge in [-0.3, -0.25) is 0 Å². The summed E-state index contributed by atoms with van der Waals surface area (Å²) in [5.41, 5.74) is 1.12. The molecule has 4 heteroatoms. The van der Waals surface area contributed by atoms with E-state index in [0.717, 1.165) is 35.1 Å². The van der Waals surface area contributed by atoms with E-state index in [-0.39, 0.29) is 0 Å². The Morgan fingerprint density at radius 3 is 2.84 bits per heavy atom. The van der Waals surface area contributed by atoms with Crippen LogP contribution in [0.2, 0.25) is 0 Å². The molecule has 4 nitrogen and oxygen atoms in total. The van der Waals surface area contributed by atoms with Gasteiger partial charge < -0.3 is 10.0 Å². The number of benzene rings is 1. The number of carboxylic acids is 1. The van der Waals surface area contributed by atoms with Crippen molar-refractivity contribution in [2.24, 2.45) is 0 Å². The molecule has 0 saturated carbocycles. The summed E-state index contributed by atoms with van der Waals surface area (Å²) in [6, 6.07) is 7.60. The SMILES string of the molecule is Cc1cnc(N2CCCC2C(=O)O)c2ccccc12. The summed E-state index contributed by atoms with van der Waals surface area (Å²) in [6.45, 7) is 2.79. The number of aliphatic carboxylic acids is 1. The third-order valence-corrected chi connectivity index (χ3v) is 3.78. The monoisotopic (exact) mass is 256 g/mol. The molecule has 1 fully saturated rings. The van der Waals surface area contributed by atoms with Crippen LogP contribution in [0.1, 0.15) is 18.4 Å². The molecule has 1 unspecified atom stereocenters. The van der Waals surface area contributed by atoms with Gasteiger partial charge in [-0.1, -0.05) is 24.3 Å². The Labute approximate surface area is 111 Å². The first-order valence-electron chi connectivity index (χ1n) is 6.52. The predicted molar refractivity (Wildman–Crippen MR) is 74.5 cm³/mol. The number of anilines is 1. The second-order valence-corrected chi connectivity index (χ2v) is 5.00. The summed E-state index contributed by atoms with van der Waals surface area (Å²) < 4.78 is 0. The summed E-state index contributed by atoms with van der Waals surface area (Å²) in [5, 5.41) is 11.5. The third kappa shape index (κ3) is 1.93. The van der Waals surface area contributed by atoms with Crippen LogP contribution in [0.4, 0.5) is 5.82 Å². The van der Waals surface area contributed by atoms with Crippen molar-refractivity contribution in [3.8, 4) is 0 Å². The molecule has 1 aliphatic rings. The molecule has 0 bridgehead atoms. The zero-order valence-electron chi connectivity index (χ0n) is 10.8. The van der Waals surface area contributed by atoms with Gasteiger partial charge >= 0.3 is 5.97 Å². The van der Waals surface area contributed by atoms with E-state index in [4.69, 9.17) is 0 Å². The van der Waals surface area contributed by atoms with E-state index in [9.17, 15) is 9.90 Å². The highest BCUT2D eigenvalue weighted by atomic mass is 16.4. The molecule has 0 radical (unpaired) electrons. The minimum absolute atomic E-state index is 0.446. The zero-order chi connectivity index (χ0) is 13.4. The van der Waals surface area contributed by atoms with Gasteiger partial charge in [0.2, 0.25) is 0 Å². The first-order valence-corrected chi connectivity index (χ1v) is 6.52. The Hall–Kier alpha value is -2.10. The fraction of sp³-hybridized carbons (Fsp3) is 0.333. The van der Waals surface area contributed by atoms with Crippen LogP contribution in [0.3, 0.4) is 0 Å². The van der Waals surface area contributed by atoms with E-state index in [2.05, 4.69) is 11.1 Å². The third-order valence-electron chi connectivity index (χ3n) is 3.78. The van der Waals surface area contributed by atoms with Crippen molar-refractivity contribution in [2.45, 2.75) is 25.8 Å². The van der Waals surface area contributed by atoms with Gasteiger partial charge in [-0.15, -0.1) is 0 Å². The normalized spacial score (nSPS) is 19.0. The van der Waals surface area contributed by atoms with Gasteiger partial charge in [0, 0.05) is 18.1 Å². The first-order chi connectivity index (χ1) is 9.18. The fourth-order valence-corrected chi connectivity index (χ4v) is 2.82. The van der Waals surface area contributed by atoms with Gasteiger partial charge in [0.25, 0.3) is 0 Å². The summed E-state index contributed by atoms with van der Waals surface area (Å²) in [7, 11) is 0. The maximum absolute atomic E-state index is 11.3. The smallest absolute Gasteiger partial charge is 0.326 e. The molecule has 1 aromatic heterocycles. The molecule has 2 heterocycles. The minimum Gasteiger partial charge on any atom is -0.480 e. The number of aromatic nitrogens is 1. The van der Waals surface area contributed by atoms with Crippen LogP contribution >= 0.6 is 0 Å². The van der Waals surface area contributed by atoms with Crippen LogP contribution in [-0.2, 0) is 4.79 Å². The molecule has 1 saturated heterocycles. The van der Waals surface area contributed by atoms with Crippen molar-refractivity contribution < 1.29 is 9.90 Å². The maximum Gasteiger partial charge on any atom is 0.326 e. The number of carbonyl (C=O) groups is 1. The van der Waals surface area contributed by atoms with Crippen LogP contribution in [0, 0.1) is 6.92 Å². The number of fused-ring (bicyclic) bond motifs is 1.